The molecular weight excluding hydrogens is 303 g/mol. The highest BCUT2D eigenvalue weighted by Gasteiger charge is 2.24. The lowest BCUT2D eigenvalue weighted by Crippen LogP contribution is -2.36. The van der Waals surface area contributed by atoms with Crippen LogP contribution in [0.5, 0.6) is 0 Å². The predicted octanol–water partition coefficient (Wildman–Crippen LogP) is 3.74. The van der Waals surface area contributed by atoms with Gasteiger partial charge in [-0.1, -0.05) is 23.8 Å². The number of rotatable bonds is 2. The number of H-pyrrole nitrogens is 1. The van der Waals surface area contributed by atoms with Crippen LogP contribution >= 0.6 is 0 Å². The lowest BCUT2D eigenvalue weighted by molar-refractivity contribution is -0.131. The van der Waals surface area contributed by atoms with Crippen molar-refractivity contribution in [2.24, 2.45) is 0 Å². The lowest BCUT2D eigenvalue weighted by Gasteiger charge is -2.27. The Morgan fingerprint density at radius 1 is 1.25 bits per heavy atom. The molecule has 3 nitrogen and oxygen atoms in total. The molecule has 1 N–H and O–H groups in total. The molecule has 2 heterocycles. The number of carbonyl (C=O) groups excluding carboxylic acids is 1. The molecule has 0 spiro atoms. The molecule has 24 heavy (non-hydrogen) atoms. The van der Waals surface area contributed by atoms with Gasteiger partial charge in [0.05, 0.1) is 6.42 Å². The SMILES string of the molecule is Cc1ccc2[nH]c3c(c2c1)CN(C(=O)Cc1cccc(F)c1)CC3. The molecule has 1 aliphatic rings. The van der Waals surface area contributed by atoms with E-state index >= 15 is 0 Å². The van der Waals surface area contributed by atoms with Crippen LogP contribution in [-0.2, 0) is 24.2 Å². The first-order valence-electron chi connectivity index (χ1n) is 8.22. The second-order valence-corrected chi connectivity index (χ2v) is 6.50. The molecule has 4 heteroatoms. The number of fused-ring (bicyclic) bond motifs is 3. The van der Waals surface area contributed by atoms with Crippen molar-refractivity contribution in [2.75, 3.05) is 6.54 Å². The average molecular weight is 322 g/mol. The fourth-order valence-electron chi connectivity index (χ4n) is 3.47. The highest BCUT2D eigenvalue weighted by molar-refractivity contribution is 5.87. The van der Waals surface area contributed by atoms with Gasteiger partial charge in [0.2, 0.25) is 5.91 Å². The minimum absolute atomic E-state index is 0.0493. The van der Waals surface area contributed by atoms with Gasteiger partial charge in [-0.2, -0.15) is 0 Å². The number of aromatic nitrogens is 1. The molecule has 0 saturated heterocycles. The van der Waals surface area contributed by atoms with Crippen LogP contribution in [0.3, 0.4) is 0 Å². The molecule has 0 saturated carbocycles. The quantitative estimate of drug-likeness (QED) is 0.766. The first-order valence-corrected chi connectivity index (χ1v) is 8.22. The van der Waals surface area contributed by atoms with Crippen LogP contribution < -0.4 is 0 Å². The summed E-state index contributed by atoms with van der Waals surface area (Å²) in [7, 11) is 0. The van der Waals surface area contributed by atoms with Gasteiger partial charge < -0.3 is 9.88 Å². The molecular formula is C20H19FN2O. The summed E-state index contributed by atoms with van der Waals surface area (Å²) in [6.45, 7) is 3.40. The molecule has 1 aromatic heterocycles. The van der Waals surface area contributed by atoms with Crippen molar-refractivity contribution in [1.29, 1.82) is 0 Å². The Bertz CT molecular complexity index is 929. The number of nitrogens with one attached hydrogen (secondary N) is 1. The van der Waals surface area contributed by atoms with E-state index in [0.29, 0.717) is 13.1 Å². The number of aryl methyl sites for hydroxylation is 1. The molecule has 3 aromatic rings. The van der Waals surface area contributed by atoms with Gasteiger partial charge in [-0.05, 0) is 36.8 Å². The average Bonchev–Trinajstić information content (AvgIpc) is 2.92. The summed E-state index contributed by atoms with van der Waals surface area (Å²) in [6.07, 6.45) is 1.08. The molecule has 0 bridgehead atoms. The molecule has 4 rings (SSSR count). The fraction of sp³-hybridized carbons (Fsp3) is 0.250. The number of hydrogen-bond acceptors (Lipinski definition) is 1. The topological polar surface area (TPSA) is 36.1 Å². The smallest absolute Gasteiger partial charge is 0.227 e. The summed E-state index contributed by atoms with van der Waals surface area (Å²) < 4.78 is 13.3. The van der Waals surface area contributed by atoms with Gasteiger partial charge in [-0.3, -0.25) is 4.79 Å². The number of aromatic amines is 1. The standard InChI is InChI=1S/C20H19FN2O/c1-13-5-6-18-16(9-13)17-12-23(8-7-19(17)22-18)20(24)11-14-3-2-4-15(21)10-14/h2-6,9-10,22H,7-8,11-12H2,1H3. The zero-order valence-electron chi connectivity index (χ0n) is 13.6. The van der Waals surface area contributed by atoms with Crippen LogP contribution in [0.25, 0.3) is 10.9 Å². The maximum Gasteiger partial charge on any atom is 0.227 e. The minimum Gasteiger partial charge on any atom is -0.358 e. The van der Waals surface area contributed by atoms with Crippen LogP contribution in [0.1, 0.15) is 22.4 Å². The first kappa shape index (κ1) is 14.9. The van der Waals surface area contributed by atoms with E-state index in [2.05, 4.69) is 30.1 Å². The van der Waals surface area contributed by atoms with E-state index in [1.165, 1.54) is 34.3 Å². The van der Waals surface area contributed by atoms with E-state index in [1.807, 2.05) is 4.90 Å². The third kappa shape index (κ3) is 2.68. The van der Waals surface area contributed by atoms with Crippen molar-refractivity contribution in [3.05, 3.63) is 70.7 Å². The van der Waals surface area contributed by atoms with Crippen molar-refractivity contribution < 1.29 is 9.18 Å². The number of hydrogen-bond donors (Lipinski definition) is 1. The summed E-state index contributed by atoms with van der Waals surface area (Å²) in [4.78, 5) is 18.0. The van der Waals surface area contributed by atoms with E-state index in [1.54, 1.807) is 12.1 Å². The zero-order valence-corrected chi connectivity index (χ0v) is 13.6. The van der Waals surface area contributed by atoms with Crippen molar-refractivity contribution in [3.63, 3.8) is 0 Å². The van der Waals surface area contributed by atoms with Gasteiger partial charge in [0.25, 0.3) is 0 Å². The Kier molecular flexibility index (Phi) is 3.60. The van der Waals surface area contributed by atoms with Gasteiger partial charge >= 0.3 is 0 Å². The van der Waals surface area contributed by atoms with E-state index in [4.69, 9.17) is 0 Å². The van der Waals surface area contributed by atoms with E-state index in [0.717, 1.165) is 17.5 Å². The number of amides is 1. The predicted molar refractivity (Wildman–Crippen MR) is 92.3 cm³/mol. The van der Waals surface area contributed by atoms with Crippen LogP contribution in [0, 0.1) is 12.7 Å². The second kappa shape index (κ2) is 5.78. The van der Waals surface area contributed by atoms with E-state index in [-0.39, 0.29) is 18.1 Å². The fourth-order valence-corrected chi connectivity index (χ4v) is 3.47. The van der Waals surface area contributed by atoms with Crippen LogP contribution in [0.2, 0.25) is 0 Å². The lowest BCUT2D eigenvalue weighted by atomic mass is 10.0. The molecule has 2 aromatic carbocycles. The van der Waals surface area contributed by atoms with Gasteiger partial charge in [0.15, 0.2) is 0 Å². The Hall–Kier alpha value is -2.62. The van der Waals surface area contributed by atoms with Crippen LogP contribution in [0.15, 0.2) is 42.5 Å². The van der Waals surface area contributed by atoms with Gasteiger partial charge in [0, 0.05) is 41.7 Å². The third-order valence-corrected chi connectivity index (χ3v) is 4.73. The van der Waals surface area contributed by atoms with E-state index in [9.17, 15) is 9.18 Å². The van der Waals surface area contributed by atoms with Gasteiger partial charge in [-0.15, -0.1) is 0 Å². The maximum absolute atomic E-state index is 13.3. The van der Waals surface area contributed by atoms with Crippen molar-refractivity contribution >= 4 is 16.8 Å². The highest BCUT2D eigenvalue weighted by atomic mass is 19.1. The summed E-state index contributed by atoms with van der Waals surface area (Å²) in [5.41, 5.74) is 5.51. The van der Waals surface area contributed by atoms with Gasteiger partial charge in [-0.25, -0.2) is 4.39 Å². The molecule has 1 amide bonds. The molecule has 0 fully saturated rings. The Morgan fingerprint density at radius 3 is 2.96 bits per heavy atom. The maximum atomic E-state index is 13.3. The minimum atomic E-state index is -0.298. The normalized spacial score (nSPS) is 14.0. The monoisotopic (exact) mass is 322 g/mol. The van der Waals surface area contributed by atoms with Crippen molar-refractivity contribution in [2.45, 2.75) is 26.3 Å². The Morgan fingerprint density at radius 2 is 2.12 bits per heavy atom. The number of benzene rings is 2. The third-order valence-electron chi connectivity index (χ3n) is 4.73. The number of nitrogens with zero attached hydrogens (tertiary/aromatic N) is 1. The summed E-state index contributed by atoms with van der Waals surface area (Å²) in [6, 6.07) is 12.6. The summed E-state index contributed by atoms with van der Waals surface area (Å²) in [5.74, 6) is -0.249. The molecule has 1 aliphatic heterocycles. The molecule has 0 unspecified atom stereocenters. The Labute approximate surface area is 140 Å². The highest BCUT2D eigenvalue weighted by Crippen LogP contribution is 2.28. The van der Waals surface area contributed by atoms with Crippen molar-refractivity contribution in [3.8, 4) is 0 Å². The van der Waals surface area contributed by atoms with E-state index < -0.39 is 0 Å². The molecule has 0 aliphatic carbocycles. The van der Waals surface area contributed by atoms with Crippen LogP contribution in [0.4, 0.5) is 4.39 Å². The van der Waals surface area contributed by atoms with Crippen LogP contribution in [-0.4, -0.2) is 22.3 Å². The molecule has 0 radical (unpaired) electrons. The molecule has 122 valence electrons. The zero-order chi connectivity index (χ0) is 16.7. The summed E-state index contributed by atoms with van der Waals surface area (Å²) >= 11 is 0. The number of carbonyl (C=O) groups is 1. The second-order valence-electron chi connectivity index (χ2n) is 6.50. The van der Waals surface area contributed by atoms with Gasteiger partial charge in [0.1, 0.15) is 5.82 Å². The largest absolute Gasteiger partial charge is 0.358 e. The first-order chi connectivity index (χ1) is 11.6. The Balaban J connectivity index is 1.58. The van der Waals surface area contributed by atoms with Crippen molar-refractivity contribution in [1.82, 2.24) is 9.88 Å². The number of halogens is 1. The summed E-state index contributed by atoms with van der Waals surface area (Å²) in [5, 5.41) is 1.20. The molecule has 0 atom stereocenters.